The van der Waals surface area contributed by atoms with Crippen molar-refractivity contribution >= 4 is 51.6 Å². The summed E-state index contributed by atoms with van der Waals surface area (Å²) in [6.07, 6.45) is 1.06. The van der Waals surface area contributed by atoms with Gasteiger partial charge in [-0.25, -0.2) is 0 Å². The Balaban J connectivity index is 1.73. The van der Waals surface area contributed by atoms with E-state index < -0.39 is 4.92 Å². The molecule has 128 valence electrons. The van der Waals surface area contributed by atoms with Crippen LogP contribution in [-0.4, -0.2) is 32.5 Å². The summed E-state index contributed by atoms with van der Waals surface area (Å²) in [5.74, 6) is 1.74. The minimum absolute atomic E-state index is 0.0644. The first-order valence-corrected chi connectivity index (χ1v) is 10.1. The van der Waals surface area contributed by atoms with Gasteiger partial charge >= 0.3 is 0 Å². The number of amides is 1. The first-order chi connectivity index (χ1) is 11.6. The normalized spacial score (nSPS) is 10.5. The van der Waals surface area contributed by atoms with Gasteiger partial charge in [-0.05, 0) is 12.0 Å². The second-order valence-electron chi connectivity index (χ2n) is 4.69. The lowest BCUT2D eigenvalue weighted by Crippen LogP contribution is -2.13. The van der Waals surface area contributed by atoms with Gasteiger partial charge in [0, 0.05) is 23.6 Å². The highest BCUT2D eigenvalue weighted by molar-refractivity contribution is 8.01. The van der Waals surface area contributed by atoms with Crippen LogP contribution in [0.5, 0.6) is 0 Å². The number of nitrogens with one attached hydrogen (secondary N) is 1. The molecule has 0 saturated carbocycles. The van der Waals surface area contributed by atoms with E-state index >= 15 is 0 Å². The van der Waals surface area contributed by atoms with Crippen LogP contribution in [0.15, 0.2) is 28.6 Å². The van der Waals surface area contributed by atoms with Crippen LogP contribution in [0.3, 0.4) is 0 Å². The molecule has 0 aliphatic heterocycles. The lowest BCUT2D eigenvalue weighted by molar-refractivity contribution is -0.384. The molecule has 2 aromatic rings. The summed E-state index contributed by atoms with van der Waals surface area (Å²) >= 11 is 4.44. The summed E-state index contributed by atoms with van der Waals surface area (Å²) in [4.78, 5) is 22.0. The Bertz CT molecular complexity index is 691. The number of carbonyl (C=O) groups is 1. The first kappa shape index (κ1) is 18.7. The van der Waals surface area contributed by atoms with Gasteiger partial charge in [0.25, 0.3) is 5.69 Å². The first-order valence-electron chi connectivity index (χ1n) is 7.15. The molecule has 0 saturated heterocycles. The minimum Gasteiger partial charge on any atom is -0.300 e. The van der Waals surface area contributed by atoms with E-state index in [2.05, 4.69) is 22.4 Å². The third-order valence-electron chi connectivity index (χ3n) is 2.73. The molecule has 1 aromatic carbocycles. The molecule has 7 nitrogen and oxygen atoms in total. The van der Waals surface area contributed by atoms with E-state index in [1.807, 2.05) is 0 Å². The monoisotopic (exact) mass is 384 g/mol. The zero-order chi connectivity index (χ0) is 17.4. The van der Waals surface area contributed by atoms with E-state index in [-0.39, 0.29) is 17.3 Å². The zero-order valence-electron chi connectivity index (χ0n) is 12.9. The van der Waals surface area contributed by atoms with Crippen LogP contribution in [-0.2, 0) is 10.5 Å². The number of nitrogens with zero attached hydrogens (tertiary/aromatic N) is 3. The molecule has 2 rings (SSSR count). The summed E-state index contributed by atoms with van der Waals surface area (Å²) in [6, 6.07) is 6.33. The average molecular weight is 385 g/mol. The number of anilines is 1. The van der Waals surface area contributed by atoms with Crippen molar-refractivity contribution in [2.45, 2.75) is 23.4 Å². The van der Waals surface area contributed by atoms with Crippen molar-refractivity contribution < 1.29 is 9.72 Å². The van der Waals surface area contributed by atoms with Gasteiger partial charge < -0.3 is 0 Å². The second kappa shape index (κ2) is 9.60. The predicted octanol–water partition coefficient (Wildman–Crippen LogP) is 3.82. The summed E-state index contributed by atoms with van der Waals surface area (Å²) < 4.78 is 0.852. The Morgan fingerprint density at radius 1 is 1.33 bits per heavy atom. The Kier molecular flexibility index (Phi) is 7.47. The maximum absolute atomic E-state index is 11.9. The van der Waals surface area contributed by atoms with Gasteiger partial charge in [-0.1, -0.05) is 42.2 Å². The van der Waals surface area contributed by atoms with Crippen LogP contribution in [0.2, 0.25) is 0 Å². The number of rotatable bonds is 9. The summed E-state index contributed by atoms with van der Waals surface area (Å²) in [5, 5.41) is 21.8. The van der Waals surface area contributed by atoms with Gasteiger partial charge in [-0.2, -0.15) is 0 Å². The van der Waals surface area contributed by atoms with Crippen molar-refractivity contribution in [3.05, 3.63) is 39.9 Å². The molecule has 0 spiro atoms. The minimum atomic E-state index is -0.431. The maximum Gasteiger partial charge on any atom is 0.269 e. The van der Waals surface area contributed by atoms with E-state index in [0.29, 0.717) is 10.9 Å². The van der Waals surface area contributed by atoms with Crippen molar-refractivity contribution in [2.24, 2.45) is 0 Å². The zero-order valence-corrected chi connectivity index (χ0v) is 15.4. The third-order valence-corrected chi connectivity index (χ3v) is 5.91. The van der Waals surface area contributed by atoms with E-state index in [0.717, 1.165) is 22.1 Å². The Morgan fingerprint density at radius 2 is 2.08 bits per heavy atom. The molecule has 0 unspecified atom stereocenters. The van der Waals surface area contributed by atoms with Crippen molar-refractivity contribution in [3.63, 3.8) is 0 Å². The lowest BCUT2D eigenvalue weighted by atomic mass is 10.2. The predicted molar refractivity (Wildman–Crippen MR) is 98.8 cm³/mol. The summed E-state index contributed by atoms with van der Waals surface area (Å²) in [7, 11) is 0. The van der Waals surface area contributed by atoms with Crippen molar-refractivity contribution in [3.8, 4) is 0 Å². The van der Waals surface area contributed by atoms with Gasteiger partial charge in [0.2, 0.25) is 11.0 Å². The molecule has 1 aromatic heterocycles. The van der Waals surface area contributed by atoms with Gasteiger partial charge in [-0.3, -0.25) is 20.2 Å². The fourth-order valence-electron chi connectivity index (χ4n) is 1.64. The van der Waals surface area contributed by atoms with Crippen molar-refractivity contribution in [2.75, 3.05) is 16.8 Å². The van der Waals surface area contributed by atoms with Crippen LogP contribution in [0, 0.1) is 10.1 Å². The van der Waals surface area contributed by atoms with E-state index in [1.165, 1.54) is 35.2 Å². The fraction of sp³-hybridized carbons (Fsp3) is 0.357. The van der Waals surface area contributed by atoms with Crippen LogP contribution in [0.1, 0.15) is 18.9 Å². The van der Waals surface area contributed by atoms with Crippen molar-refractivity contribution in [1.29, 1.82) is 0 Å². The molecule has 1 heterocycles. The smallest absolute Gasteiger partial charge is 0.269 e. The number of benzene rings is 1. The molecule has 0 aliphatic carbocycles. The number of hydrogen-bond donors (Lipinski definition) is 1. The van der Waals surface area contributed by atoms with Crippen LogP contribution in [0.25, 0.3) is 0 Å². The molecule has 0 fully saturated rings. The van der Waals surface area contributed by atoms with Crippen LogP contribution >= 0.6 is 34.9 Å². The Hall–Kier alpha value is -1.65. The number of aromatic nitrogens is 2. The Morgan fingerprint density at radius 3 is 2.75 bits per heavy atom. The second-order valence-corrected chi connectivity index (χ2v) is 7.99. The quantitative estimate of drug-likeness (QED) is 0.304. The number of nitro benzene ring substituents is 1. The van der Waals surface area contributed by atoms with Gasteiger partial charge in [0.1, 0.15) is 0 Å². The van der Waals surface area contributed by atoms with Crippen molar-refractivity contribution in [1.82, 2.24) is 10.2 Å². The maximum atomic E-state index is 11.9. The fourth-order valence-corrected chi connectivity index (χ4v) is 4.12. The van der Waals surface area contributed by atoms with Gasteiger partial charge in [-0.15, -0.1) is 22.0 Å². The average Bonchev–Trinajstić information content (AvgIpc) is 3.00. The molecule has 0 bridgehead atoms. The van der Waals surface area contributed by atoms with Crippen LogP contribution < -0.4 is 5.32 Å². The molecular formula is C14H16N4O3S3. The largest absolute Gasteiger partial charge is 0.300 e. The highest BCUT2D eigenvalue weighted by Gasteiger charge is 2.09. The standard InChI is InChI=1S/C14H16N4O3S3/c1-2-7-23-14-17-16-13(24-14)15-12(19)9-22-8-10-3-5-11(6-4-10)18(20)21/h3-6H,2,7-9H2,1H3,(H,15,16,19). The highest BCUT2D eigenvalue weighted by Crippen LogP contribution is 2.26. The van der Waals surface area contributed by atoms with E-state index in [4.69, 9.17) is 0 Å². The Labute approximate surface area is 151 Å². The van der Waals surface area contributed by atoms with E-state index in [1.54, 1.807) is 23.9 Å². The SMILES string of the molecule is CCCSc1nnc(NC(=O)CSCc2ccc([N+](=O)[O-])cc2)s1. The molecule has 24 heavy (non-hydrogen) atoms. The molecule has 1 amide bonds. The summed E-state index contributed by atoms with van der Waals surface area (Å²) in [5.41, 5.74) is 1.00. The summed E-state index contributed by atoms with van der Waals surface area (Å²) in [6.45, 7) is 2.10. The molecule has 0 radical (unpaired) electrons. The number of carbonyl (C=O) groups excluding carboxylic acids is 1. The van der Waals surface area contributed by atoms with Gasteiger partial charge in [0.15, 0.2) is 4.34 Å². The van der Waals surface area contributed by atoms with E-state index in [9.17, 15) is 14.9 Å². The topological polar surface area (TPSA) is 98.0 Å². The molecular weight excluding hydrogens is 368 g/mol. The number of non-ortho nitro benzene ring substituents is 1. The number of hydrogen-bond acceptors (Lipinski definition) is 8. The van der Waals surface area contributed by atoms with Crippen LogP contribution in [0.4, 0.5) is 10.8 Å². The molecule has 1 N–H and O–H groups in total. The molecule has 0 atom stereocenters. The van der Waals surface area contributed by atoms with Gasteiger partial charge in [0.05, 0.1) is 10.7 Å². The number of thioether (sulfide) groups is 2. The highest BCUT2D eigenvalue weighted by atomic mass is 32.2. The molecule has 0 aliphatic rings. The molecule has 10 heteroatoms. The third kappa shape index (κ3) is 6.10. The lowest BCUT2D eigenvalue weighted by Gasteiger charge is -2.02. The number of nitro groups is 1.